The van der Waals surface area contributed by atoms with E-state index >= 15 is 0 Å². The second-order valence-electron chi connectivity index (χ2n) is 6.57. The Morgan fingerprint density at radius 1 is 1.00 bits per heavy atom. The summed E-state index contributed by atoms with van der Waals surface area (Å²) in [5.74, 6) is -1.10. The number of amides is 1. The summed E-state index contributed by atoms with van der Waals surface area (Å²) in [7, 11) is 0. The average Bonchev–Trinajstić information content (AvgIpc) is 3.15. The molecule has 29 heavy (non-hydrogen) atoms. The highest BCUT2D eigenvalue weighted by molar-refractivity contribution is 9.10. The predicted octanol–water partition coefficient (Wildman–Crippen LogP) is 5.38. The van der Waals surface area contributed by atoms with Gasteiger partial charge in [-0.2, -0.15) is 0 Å². The number of halogens is 1. The second kappa shape index (κ2) is 9.43. The average molecular weight is 457 g/mol. The molecule has 0 saturated carbocycles. The maximum Gasteiger partial charge on any atom is 0.374 e. The summed E-state index contributed by atoms with van der Waals surface area (Å²) >= 11 is 3.11. The molecule has 3 aromatic rings. The van der Waals surface area contributed by atoms with Gasteiger partial charge < -0.3 is 19.4 Å². The summed E-state index contributed by atoms with van der Waals surface area (Å²) < 4.78 is 10.5. The number of carbonyl (C=O) groups excluding carboxylic acids is 2. The Bertz CT molecular complexity index is 968. The molecule has 0 unspecified atom stereocenters. The van der Waals surface area contributed by atoms with Crippen LogP contribution in [0.5, 0.6) is 0 Å². The maximum atomic E-state index is 12.1. The summed E-state index contributed by atoms with van der Waals surface area (Å²) in [5.41, 5.74) is 2.72. The summed E-state index contributed by atoms with van der Waals surface area (Å²) in [6.45, 7) is 3.84. The number of nitrogens with zero attached hydrogens (tertiary/aromatic N) is 1. The first-order chi connectivity index (χ1) is 13.9. The molecule has 150 valence electrons. The van der Waals surface area contributed by atoms with Crippen LogP contribution in [-0.2, 0) is 9.53 Å². The van der Waals surface area contributed by atoms with Gasteiger partial charge in [-0.3, -0.25) is 4.79 Å². The minimum Gasteiger partial charge on any atom is -0.450 e. The molecule has 1 amide bonds. The number of esters is 1. The van der Waals surface area contributed by atoms with E-state index in [-0.39, 0.29) is 11.8 Å². The van der Waals surface area contributed by atoms with E-state index in [9.17, 15) is 9.59 Å². The van der Waals surface area contributed by atoms with E-state index in [2.05, 4.69) is 52.1 Å². The van der Waals surface area contributed by atoms with Gasteiger partial charge in [-0.1, -0.05) is 18.2 Å². The van der Waals surface area contributed by atoms with E-state index in [0.29, 0.717) is 10.4 Å². The van der Waals surface area contributed by atoms with Crippen LogP contribution in [0.3, 0.4) is 0 Å². The molecule has 1 N–H and O–H groups in total. The van der Waals surface area contributed by atoms with Crippen molar-refractivity contribution in [3.8, 4) is 0 Å². The van der Waals surface area contributed by atoms with Crippen molar-refractivity contribution >= 4 is 44.9 Å². The number of hydrogen-bond acceptors (Lipinski definition) is 5. The van der Waals surface area contributed by atoms with Gasteiger partial charge in [0.25, 0.3) is 5.91 Å². The van der Waals surface area contributed by atoms with Gasteiger partial charge in [0.2, 0.25) is 5.76 Å². The molecule has 2 aromatic carbocycles. The highest BCUT2D eigenvalue weighted by atomic mass is 79.9. The summed E-state index contributed by atoms with van der Waals surface area (Å²) in [4.78, 5) is 26.1. The third kappa shape index (κ3) is 5.48. The molecule has 0 fully saturated rings. The van der Waals surface area contributed by atoms with Crippen molar-refractivity contribution < 1.29 is 18.7 Å². The molecule has 0 aliphatic carbocycles. The van der Waals surface area contributed by atoms with Gasteiger partial charge in [0.05, 0.1) is 0 Å². The van der Waals surface area contributed by atoms with Crippen molar-refractivity contribution in [3.05, 3.63) is 77.2 Å². The van der Waals surface area contributed by atoms with Gasteiger partial charge in [0, 0.05) is 23.1 Å². The quantitative estimate of drug-likeness (QED) is 0.482. The van der Waals surface area contributed by atoms with Crippen LogP contribution in [0.1, 0.15) is 24.4 Å². The van der Waals surface area contributed by atoms with Crippen LogP contribution in [-0.4, -0.2) is 24.5 Å². The lowest BCUT2D eigenvalue weighted by Crippen LogP contribution is -2.25. The molecule has 6 nitrogen and oxygen atoms in total. The number of rotatable bonds is 7. The van der Waals surface area contributed by atoms with Crippen molar-refractivity contribution in [1.29, 1.82) is 0 Å². The fourth-order valence-electron chi connectivity index (χ4n) is 2.86. The molecule has 0 bridgehead atoms. The van der Waals surface area contributed by atoms with Crippen molar-refractivity contribution in [1.82, 2.24) is 0 Å². The zero-order valence-corrected chi connectivity index (χ0v) is 17.7. The molecule has 1 aromatic heterocycles. The number of para-hydroxylation sites is 1. The Kier molecular flexibility index (Phi) is 6.72. The fourth-order valence-corrected chi connectivity index (χ4v) is 3.17. The van der Waals surface area contributed by atoms with E-state index in [1.807, 2.05) is 42.5 Å². The molecular weight excluding hydrogens is 436 g/mol. The standard InChI is InChI=1S/C22H21BrN2O4/c1-15(2)25(17-6-4-3-5-7-17)18-10-8-16(9-11-18)24-21(26)14-28-22(27)19-12-13-20(23)29-19/h3-13,15H,14H2,1-2H3,(H,24,26). The highest BCUT2D eigenvalue weighted by Gasteiger charge is 2.15. The van der Waals surface area contributed by atoms with Crippen LogP contribution in [0.4, 0.5) is 17.1 Å². The smallest absolute Gasteiger partial charge is 0.374 e. The molecule has 0 spiro atoms. The SMILES string of the molecule is CC(C)N(c1ccccc1)c1ccc(NC(=O)COC(=O)c2ccc(Br)o2)cc1. The van der Waals surface area contributed by atoms with Crippen molar-refractivity contribution in [2.24, 2.45) is 0 Å². The van der Waals surface area contributed by atoms with Gasteiger partial charge in [0.15, 0.2) is 11.3 Å². The van der Waals surface area contributed by atoms with E-state index in [4.69, 9.17) is 9.15 Å². The first kappa shape index (κ1) is 20.7. The van der Waals surface area contributed by atoms with Gasteiger partial charge in [0.1, 0.15) is 0 Å². The number of benzene rings is 2. The highest BCUT2D eigenvalue weighted by Crippen LogP contribution is 2.28. The Hall–Kier alpha value is -3.06. The molecule has 0 aliphatic heterocycles. The topological polar surface area (TPSA) is 71.8 Å². The lowest BCUT2D eigenvalue weighted by molar-refractivity contribution is -0.119. The zero-order chi connectivity index (χ0) is 20.8. The molecule has 7 heteroatoms. The summed E-state index contributed by atoms with van der Waals surface area (Å²) in [5, 5.41) is 2.71. The van der Waals surface area contributed by atoms with Crippen LogP contribution < -0.4 is 10.2 Å². The second-order valence-corrected chi connectivity index (χ2v) is 7.36. The lowest BCUT2D eigenvalue weighted by Gasteiger charge is -2.29. The van der Waals surface area contributed by atoms with E-state index < -0.39 is 18.5 Å². The molecule has 0 atom stereocenters. The third-order valence-electron chi connectivity index (χ3n) is 4.09. The first-order valence-corrected chi connectivity index (χ1v) is 9.90. The van der Waals surface area contributed by atoms with E-state index in [1.54, 1.807) is 6.07 Å². The number of hydrogen-bond donors (Lipinski definition) is 1. The normalized spacial score (nSPS) is 10.6. The van der Waals surface area contributed by atoms with Crippen LogP contribution in [0.15, 0.2) is 75.8 Å². The molecule has 0 aliphatic rings. The Morgan fingerprint density at radius 2 is 1.66 bits per heavy atom. The Morgan fingerprint density at radius 3 is 2.24 bits per heavy atom. The number of carbonyl (C=O) groups is 2. The van der Waals surface area contributed by atoms with Crippen LogP contribution in [0.25, 0.3) is 0 Å². The van der Waals surface area contributed by atoms with Gasteiger partial charge in [-0.05, 0) is 78.3 Å². The van der Waals surface area contributed by atoms with Crippen molar-refractivity contribution in [3.63, 3.8) is 0 Å². The molecule has 0 saturated heterocycles. The van der Waals surface area contributed by atoms with Gasteiger partial charge in [-0.25, -0.2) is 4.79 Å². The Balaban J connectivity index is 1.59. The number of ether oxygens (including phenoxy) is 1. The summed E-state index contributed by atoms with van der Waals surface area (Å²) in [6, 6.07) is 20.9. The fraction of sp³-hybridized carbons (Fsp3) is 0.182. The zero-order valence-electron chi connectivity index (χ0n) is 16.1. The minimum absolute atomic E-state index is 0.0312. The maximum absolute atomic E-state index is 12.1. The lowest BCUT2D eigenvalue weighted by atomic mass is 10.2. The molecule has 1 heterocycles. The predicted molar refractivity (Wildman–Crippen MR) is 115 cm³/mol. The van der Waals surface area contributed by atoms with Crippen LogP contribution in [0, 0.1) is 0 Å². The number of nitrogens with one attached hydrogen (secondary N) is 1. The van der Waals surface area contributed by atoms with Crippen LogP contribution in [0.2, 0.25) is 0 Å². The largest absolute Gasteiger partial charge is 0.450 e. The number of anilines is 3. The van der Waals surface area contributed by atoms with Gasteiger partial charge >= 0.3 is 5.97 Å². The van der Waals surface area contributed by atoms with E-state index in [0.717, 1.165) is 11.4 Å². The molecular formula is C22H21BrN2O4. The first-order valence-electron chi connectivity index (χ1n) is 9.10. The van der Waals surface area contributed by atoms with Crippen LogP contribution >= 0.6 is 15.9 Å². The van der Waals surface area contributed by atoms with Gasteiger partial charge in [-0.15, -0.1) is 0 Å². The molecule has 3 rings (SSSR count). The van der Waals surface area contributed by atoms with Crippen molar-refractivity contribution in [2.45, 2.75) is 19.9 Å². The third-order valence-corrected chi connectivity index (χ3v) is 4.51. The Labute approximate surface area is 177 Å². The number of furan rings is 1. The van der Waals surface area contributed by atoms with E-state index in [1.165, 1.54) is 6.07 Å². The molecule has 0 radical (unpaired) electrons. The monoisotopic (exact) mass is 456 g/mol. The van der Waals surface area contributed by atoms with Crippen molar-refractivity contribution in [2.75, 3.05) is 16.8 Å². The summed E-state index contributed by atoms with van der Waals surface area (Å²) in [6.07, 6.45) is 0. The minimum atomic E-state index is -0.698.